The molecule has 7 N–H and O–H groups in total. The number of aromatic carboxylic acids is 2. The van der Waals surface area contributed by atoms with Crippen LogP contribution in [0.1, 0.15) is 96.2 Å². The molecule has 0 saturated carbocycles. The second-order valence-corrected chi connectivity index (χ2v) is 22.1. The van der Waals surface area contributed by atoms with Crippen molar-refractivity contribution in [1.82, 2.24) is 0 Å². The van der Waals surface area contributed by atoms with Gasteiger partial charge < -0.3 is 59.3 Å². The number of carboxylic acids is 2. The monoisotopic (exact) mass is 1280 g/mol. The first-order chi connectivity index (χ1) is 40.0. The molecule has 1 aliphatic rings. The molecule has 85 heavy (non-hydrogen) atoms. The first kappa shape index (κ1) is 65.2. The number of methoxy groups -OCH3 is 3. The highest BCUT2D eigenvalue weighted by Crippen LogP contribution is 2.38. The summed E-state index contributed by atoms with van der Waals surface area (Å²) in [5, 5.41) is 67.9. The second kappa shape index (κ2) is 27.6. The highest BCUT2D eigenvalue weighted by Gasteiger charge is 2.52. The van der Waals surface area contributed by atoms with Crippen LogP contribution >= 0.6 is 31.9 Å². The minimum Gasteiger partial charge on any atom is -0.507 e. The molecule has 440 valence electrons. The molecule has 0 bridgehead atoms. The first-order valence-corrected chi connectivity index (χ1v) is 27.5. The number of halogens is 2. The van der Waals surface area contributed by atoms with Crippen molar-refractivity contribution in [2.24, 2.45) is 0 Å². The van der Waals surface area contributed by atoms with Crippen molar-refractivity contribution in [3.05, 3.63) is 199 Å². The van der Waals surface area contributed by atoms with E-state index in [-0.39, 0.29) is 56.6 Å². The molecule has 1 heterocycles. The zero-order valence-electron chi connectivity index (χ0n) is 47.9. The molecule has 8 aromatic carbocycles. The fourth-order valence-corrected chi connectivity index (χ4v) is 9.37. The summed E-state index contributed by atoms with van der Waals surface area (Å²) in [5.74, 6) is -5.25. The van der Waals surface area contributed by atoms with Gasteiger partial charge >= 0.3 is 37.0 Å². The van der Waals surface area contributed by atoms with E-state index in [0.717, 1.165) is 53.5 Å². The van der Waals surface area contributed by atoms with Crippen LogP contribution in [0.3, 0.4) is 0 Å². The average molecular weight is 1280 g/mol. The lowest BCUT2D eigenvalue weighted by Crippen LogP contribution is -2.41. The molecule has 0 spiro atoms. The van der Waals surface area contributed by atoms with Crippen molar-refractivity contribution in [1.29, 1.82) is 0 Å². The number of ether oxygens (including phenoxy) is 3. The quantitative estimate of drug-likeness (QED) is 0.0381. The minimum absolute atomic E-state index is 0.103. The number of aryl methyl sites for hydroxylation is 3. The Bertz CT molecular complexity index is 3840. The van der Waals surface area contributed by atoms with Crippen molar-refractivity contribution in [2.45, 2.75) is 59.7 Å². The number of carbonyl (C=O) groups excluding carboxylic acids is 3. The second-order valence-electron chi connectivity index (χ2n) is 20.3. The molecule has 17 nitrogen and oxygen atoms in total. The van der Waals surface area contributed by atoms with E-state index in [1.807, 2.05) is 84.0 Å². The molecule has 0 unspecified atom stereocenters. The van der Waals surface area contributed by atoms with E-state index >= 15 is 0 Å². The van der Waals surface area contributed by atoms with E-state index in [9.17, 15) is 49.5 Å². The zero-order valence-corrected chi connectivity index (χ0v) is 51.1. The maximum atomic E-state index is 11.6. The van der Waals surface area contributed by atoms with Crippen LogP contribution in [0, 0.1) is 20.8 Å². The van der Waals surface area contributed by atoms with E-state index in [1.54, 1.807) is 36.4 Å². The minimum atomic E-state index is -1.20. The highest BCUT2D eigenvalue weighted by atomic mass is 79.9. The molecule has 1 saturated heterocycles. The van der Waals surface area contributed by atoms with Gasteiger partial charge in [-0.3, -0.25) is 0 Å². The molecule has 1 fully saturated rings. The van der Waals surface area contributed by atoms with Crippen LogP contribution in [0.5, 0.6) is 28.7 Å². The van der Waals surface area contributed by atoms with Gasteiger partial charge in [-0.2, -0.15) is 0 Å². The molecular formula is C65H61BBr2O17. The van der Waals surface area contributed by atoms with Crippen LogP contribution in [0.15, 0.2) is 155 Å². The molecule has 9 rings (SSSR count). The molecule has 0 radical (unpaired) electrons. The number of phenolic OH excluding ortho intramolecular Hbond substituents is 3. The third kappa shape index (κ3) is 15.6. The summed E-state index contributed by atoms with van der Waals surface area (Å²) >= 11 is 6.78. The summed E-state index contributed by atoms with van der Waals surface area (Å²) in [6.45, 7) is 13.7. The smallest absolute Gasteiger partial charge is 0.494 e. The van der Waals surface area contributed by atoms with Crippen LogP contribution in [-0.2, 0) is 23.5 Å². The summed E-state index contributed by atoms with van der Waals surface area (Å²) in [7, 11) is 3.21. The summed E-state index contributed by atoms with van der Waals surface area (Å²) in [6, 6.07) is 40.2. The Labute approximate surface area is 508 Å². The first-order valence-electron chi connectivity index (χ1n) is 25.9. The standard InChI is InChI=1S/C23H20O6.C21H16O6.C14H19BO5.C7H6Br2/c1-13-10-14(15-5-8-18(20(24)11-15)22(26)28-2)4-7-17(13)16-6-9-19(21(25)12-16)23(27)29-3;1-11-8-12(13-3-6-16(20(24)25)18(22)9-13)2-5-15(11)14-4-7-17(21(26)27)19(23)10-14;1-13(2)14(3,4)20-15(19-13)9-6-7-10(11(16)8-9)12(17)18-5;1-5-4-6(8)2-3-7(5)9/h4-12,24-25H,1-3H3;2-10,22-23H,1H3,(H,24,25)(H,26,27);6-8,16H,1-5H3;2-4H,1H3. The lowest BCUT2D eigenvalue weighted by Gasteiger charge is -2.32. The fraction of sp³-hybridized carbons (Fsp3) is 0.185. The zero-order chi connectivity index (χ0) is 62.8. The van der Waals surface area contributed by atoms with E-state index in [1.165, 1.54) is 87.6 Å². The average Bonchev–Trinajstić information content (AvgIpc) is 2.36. The molecular weight excluding hydrogens is 1220 g/mol. The van der Waals surface area contributed by atoms with Crippen LogP contribution in [0.2, 0.25) is 0 Å². The third-order valence-electron chi connectivity index (χ3n) is 14.1. The van der Waals surface area contributed by atoms with Gasteiger partial charge in [0, 0.05) is 8.95 Å². The van der Waals surface area contributed by atoms with Gasteiger partial charge in [0.15, 0.2) is 0 Å². The SMILES string of the molecule is COC(=O)c1ccc(-c2ccc(-c3ccc(C(=O)OC)c(O)c3)c(C)c2)cc1O.COC(=O)c1ccc(B2OC(C)(C)C(C)(C)O2)cc1O.Cc1cc(-c2ccc(C(=O)O)c(O)c2)ccc1-c1ccc(C(=O)O)c(O)c1.Cc1cc(Br)ccc1Br. The fourth-order valence-electron chi connectivity index (χ4n) is 8.65. The number of hydrogen-bond donors (Lipinski definition) is 7. The van der Waals surface area contributed by atoms with Gasteiger partial charge in [0.1, 0.15) is 56.6 Å². The van der Waals surface area contributed by atoms with E-state index in [4.69, 9.17) is 19.5 Å². The van der Waals surface area contributed by atoms with E-state index in [0.29, 0.717) is 16.6 Å². The van der Waals surface area contributed by atoms with E-state index in [2.05, 4.69) is 59.1 Å². The molecule has 0 aromatic heterocycles. The van der Waals surface area contributed by atoms with Gasteiger partial charge in [-0.25, -0.2) is 24.0 Å². The third-order valence-corrected chi connectivity index (χ3v) is 15.5. The summed E-state index contributed by atoms with van der Waals surface area (Å²) in [4.78, 5) is 56.7. The summed E-state index contributed by atoms with van der Waals surface area (Å²) in [6.07, 6.45) is 0. The van der Waals surface area contributed by atoms with Crippen molar-refractivity contribution >= 4 is 74.3 Å². The highest BCUT2D eigenvalue weighted by molar-refractivity contribution is 9.11. The number of carbonyl (C=O) groups is 5. The molecule has 0 aliphatic carbocycles. The van der Waals surface area contributed by atoms with Crippen molar-refractivity contribution in [3.63, 3.8) is 0 Å². The molecule has 20 heteroatoms. The lowest BCUT2D eigenvalue weighted by atomic mass is 9.78. The van der Waals surface area contributed by atoms with Gasteiger partial charge in [0.2, 0.25) is 0 Å². The van der Waals surface area contributed by atoms with Gasteiger partial charge in [0.05, 0.1) is 32.5 Å². The van der Waals surface area contributed by atoms with Gasteiger partial charge in [-0.1, -0.05) is 98.6 Å². The Kier molecular flexibility index (Phi) is 21.2. The molecule has 0 amide bonds. The van der Waals surface area contributed by atoms with E-state index < -0.39 is 48.2 Å². The number of esters is 3. The van der Waals surface area contributed by atoms with Crippen LogP contribution in [0.4, 0.5) is 0 Å². The topological polar surface area (TPSA) is 273 Å². The maximum absolute atomic E-state index is 11.6. The predicted molar refractivity (Wildman–Crippen MR) is 329 cm³/mol. The van der Waals surface area contributed by atoms with Gasteiger partial charge in [0.25, 0.3) is 0 Å². The van der Waals surface area contributed by atoms with Crippen molar-refractivity contribution in [3.8, 4) is 73.3 Å². The Hall–Kier alpha value is -8.95. The molecule has 0 atom stereocenters. The summed E-state index contributed by atoms with van der Waals surface area (Å²) in [5.41, 5.74) is 8.99. The largest absolute Gasteiger partial charge is 0.507 e. The molecule has 8 aromatic rings. The molecule has 1 aliphatic heterocycles. The Morgan fingerprint density at radius 1 is 0.400 bits per heavy atom. The lowest BCUT2D eigenvalue weighted by molar-refractivity contribution is 0.00578. The Morgan fingerprint density at radius 3 is 1.04 bits per heavy atom. The number of rotatable bonds is 10. The predicted octanol–water partition coefficient (Wildman–Crippen LogP) is 13.4. The maximum Gasteiger partial charge on any atom is 0.494 e. The number of carboxylic acid groups (broad SMARTS) is 2. The van der Waals surface area contributed by atoms with Crippen LogP contribution in [0.25, 0.3) is 44.5 Å². The van der Waals surface area contributed by atoms with Gasteiger partial charge in [-0.05, 0) is 194 Å². The number of aromatic hydroxyl groups is 5. The Morgan fingerprint density at radius 2 is 0.718 bits per heavy atom. The van der Waals surface area contributed by atoms with Crippen LogP contribution in [-0.4, -0.2) is 105 Å². The summed E-state index contributed by atoms with van der Waals surface area (Å²) < 4.78 is 27.9. The normalized spacial score (nSPS) is 12.6. The number of hydrogen-bond acceptors (Lipinski definition) is 15. The number of benzene rings is 8. The van der Waals surface area contributed by atoms with Crippen molar-refractivity contribution in [2.75, 3.05) is 21.3 Å². The Balaban J connectivity index is 0.000000192. The van der Waals surface area contributed by atoms with Crippen molar-refractivity contribution < 1.29 is 83.2 Å². The number of phenols is 5. The van der Waals surface area contributed by atoms with Crippen LogP contribution < -0.4 is 5.46 Å². The van der Waals surface area contributed by atoms with Gasteiger partial charge in [-0.15, -0.1) is 0 Å².